The maximum atomic E-state index is 9.18. The number of hydrogen-bond donors (Lipinski definition) is 0. The van der Waals surface area contributed by atoms with E-state index >= 15 is 0 Å². The highest BCUT2D eigenvalue weighted by molar-refractivity contribution is 5.06. The molecule has 1 heterocycles. The highest BCUT2D eigenvalue weighted by Crippen LogP contribution is 2.33. The van der Waals surface area contributed by atoms with Crippen molar-refractivity contribution in [1.82, 2.24) is 4.90 Å². The van der Waals surface area contributed by atoms with E-state index < -0.39 is 0 Å². The molecule has 0 saturated carbocycles. The van der Waals surface area contributed by atoms with Crippen LogP contribution in [0.3, 0.4) is 0 Å². The molecule has 2 nitrogen and oxygen atoms in total. The van der Waals surface area contributed by atoms with Gasteiger partial charge >= 0.3 is 0 Å². The second-order valence-corrected chi connectivity index (χ2v) is 5.00. The van der Waals surface area contributed by atoms with Crippen molar-refractivity contribution in [3.63, 3.8) is 0 Å². The minimum absolute atomic E-state index is 0.0536. The Balaban J connectivity index is 2.39. The molecule has 0 radical (unpaired) electrons. The quantitative estimate of drug-likeness (QED) is 0.666. The molecule has 0 unspecified atom stereocenters. The summed E-state index contributed by atoms with van der Waals surface area (Å²) in [5.41, 5.74) is -0.0536. The molecule has 1 rings (SSSR count). The summed E-state index contributed by atoms with van der Waals surface area (Å²) in [7, 11) is 0. The van der Waals surface area contributed by atoms with Crippen LogP contribution in [-0.2, 0) is 0 Å². The van der Waals surface area contributed by atoms with Crippen molar-refractivity contribution in [3.8, 4) is 17.9 Å². The lowest BCUT2D eigenvalue weighted by Gasteiger charge is -2.35. The number of nitriles is 1. The predicted molar refractivity (Wildman–Crippen MR) is 66.6 cm³/mol. The fraction of sp³-hybridized carbons (Fsp3) is 0.786. The molecule has 1 aliphatic rings. The smallest absolute Gasteiger partial charge is 0.0690 e. The molecule has 0 aromatic heterocycles. The standard InChI is InChI=1S/C14H22N2/c1-4-14(12-15)7-10-16(11-8-14)9-5-6-13(2)3/h13H,4,7-11H2,1-3H3. The second-order valence-electron chi connectivity index (χ2n) is 5.00. The van der Waals surface area contributed by atoms with Crippen LogP contribution in [0.5, 0.6) is 0 Å². The highest BCUT2D eigenvalue weighted by atomic mass is 15.1. The normalized spacial score (nSPS) is 19.9. The average molecular weight is 218 g/mol. The van der Waals surface area contributed by atoms with Gasteiger partial charge in [-0.1, -0.05) is 32.6 Å². The molecule has 16 heavy (non-hydrogen) atoms. The van der Waals surface area contributed by atoms with Crippen LogP contribution in [0.2, 0.25) is 0 Å². The zero-order valence-electron chi connectivity index (χ0n) is 10.7. The molecule has 1 fully saturated rings. The summed E-state index contributed by atoms with van der Waals surface area (Å²) >= 11 is 0. The van der Waals surface area contributed by atoms with Gasteiger partial charge in [0.05, 0.1) is 18.0 Å². The predicted octanol–water partition coefficient (Wildman–Crippen LogP) is 2.66. The van der Waals surface area contributed by atoms with Crippen LogP contribution in [0, 0.1) is 34.5 Å². The first-order valence-corrected chi connectivity index (χ1v) is 6.24. The van der Waals surface area contributed by atoms with Gasteiger partial charge in [-0.2, -0.15) is 5.26 Å². The fourth-order valence-corrected chi connectivity index (χ4v) is 2.05. The molecule has 0 aliphatic carbocycles. The van der Waals surface area contributed by atoms with Crippen molar-refractivity contribution in [1.29, 1.82) is 5.26 Å². The molecular formula is C14H22N2. The molecule has 0 atom stereocenters. The van der Waals surface area contributed by atoms with E-state index in [1.165, 1.54) is 0 Å². The van der Waals surface area contributed by atoms with Gasteiger partial charge in [-0.15, -0.1) is 0 Å². The largest absolute Gasteiger partial charge is 0.292 e. The van der Waals surface area contributed by atoms with Crippen LogP contribution in [0.15, 0.2) is 0 Å². The lowest BCUT2D eigenvalue weighted by Crippen LogP contribution is -2.39. The van der Waals surface area contributed by atoms with Gasteiger partial charge in [-0.3, -0.25) is 4.90 Å². The number of hydrogen-bond acceptors (Lipinski definition) is 2. The van der Waals surface area contributed by atoms with E-state index in [0.717, 1.165) is 38.9 Å². The number of rotatable bonds is 2. The molecule has 0 bridgehead atoms. The minimum Gasteiger partial charge on any atom is -0.292 e. The first-order valence-electron chi connectivity index (χ1n) is 6.24. The maximum Gasteiger partial charge on any atom is 0.0690 e. The Kier molecular flexibility index (Phi) is 4.84. The summed E-state index contributed by atoms with van der Waals surface area (Å²) in [5.74, 6) is 6.85. The Morgan fingerprint density at radius 2 is 1.94 bits per heavy atom. The van der Waals surface area contributed by atoms with Crippen LogP contribution < -0.4 is 0 Å². The zero-order valence-corrected chi connectivity index (χ0v) is 10.7. The van der Waals surface area contributed by atoms with Gasteiger partial charge in [-0.25, -0.2) is 0 Å². The summed E-state index contributed by atoms with van der Waals surface area (Å²) in [6.07, 6.45) is 2.99. The van der Waals surface area contributed by atoms with Crippen LogP contribution >= 0.6 is 0 Å². The number of likely N-dealkylation sites (tertiary alicyclic amines) is 1. The maximum absolute atomic E-state index is 9.18. The summed E-state index contributed by atoms with van der Waals surface area (Å²) < 4.78 is 0. The van der Waals surface area contributed by atoms with E-state index in [2.05, 4.69) is 43.6 Å². The Morgan fingerprint density at radius 3 is 2.38 bits per heavy atom. The van der Waals surface area contributed by atoms with Gasteiger partial charge < -0.3 is 0 Å². The van der Waals surface area contributed by atoms with Crippen LogP contribution in [0.4, 0.5) is 0 Å². The Hall–Kier alpha value is -0.990. The van der Waals surface area contributed by atoms with E-state index in [-0.39, 0.29) is 5.41 Å². The SMILES string of the molecule is CCC1(C#N)CCN(CC#CC(C)C)CC1. The molecule has 2 heteroatoms. The van der Waals surface area contributed by atoms with Gasteiger partial charge in [0.2, 0.25) is 0 Å². The van der Waals surface area contributed by atoms with Gasteiger partial charge in [-0.05, 0) is 19.3 Å². The first kappa shape index (κ1) is 13.1. The van der Waals surface area contributed by atoms with Crippen molar-refractivity contribution >= 4 is 0 Å². The number of nitrogens with zero attached hydrogens (tertiary/aromatic N) is 2. The molecular weight excluding hydrogens is 196 g/mol. The lowest BCUT2D eigenvalue weighted by atomic mass is 9.78. The van der Waals surface area contributed by atoms with Crippen molar-refractivity contribution in [2.75, 3.05) is 19.6 Å². The van der Waals surface area contributed by atoms with Crippen molar-refractivity contribution < 1.29 is 0 Å². The molecule has 0 amide bonds. The Labute approximate surface area is 99.6 Å². The molecule has 0 N–H and O–H groups in total. The summed E-state index contributed by atoms with van der Waals surface area (Å²) in [5, 5.41) is 9.18. The topological polar surface area (TPSA) is 27.0 Å². The average Bonchev–Trinajstić information content (AvgIpc) is 2.30. The third-order valence-electron chi connectivity index (χ3n) is 3.42. The molecule has 1 aliphatic heterocycles. The van der Waals surface area contributed by atoms with E-state index in [4.69, 9.17) is 0 Å². The van der Waals surface area contributed by atoms with Crippen molar-refractivity contribution in [2.24, 2.45) is 11.3 Å². The third-order valence-corrected chi connectivity index (χ3v) is 3.42. The summed E-state index contributed by atoms with van der Waals surface area (Å²) in [6, 6.07) is 2.50. The van der Waals surface area contributed by atoms with Crippen molar-refractivity contribution in [2.45, 2.75) is 40.0 Å². The van der Waals surface area contributed by atoms with Gasteiger partial charge in [0, 0.05) is 19.0 Å². The molecule has 0 aromatic rings. The molecule has 1 saturated heterocycles. The summed E-state index contributed by atoms with van der Waals surface area (Å²) in [4.78, 5) is 2.36. The van der Waals surface area contributed by atoms with E-state index in [9.17, 15) is 5.26 Å². The van der Waals surface area contributed by atoms with E-state index in [1.807, 2.05) is 0 Å². The number of piperidine rings is 1. The monoisotopic (exact) mass is 218 g/mol. The zero-order chi connectivity index (χ0) is 12.0. The summed E-state index contributed by atoms with van der Waals surface area (Å²) in [6.45, 7) is 9.26. The lowest BCUT2D eigenvalue weighted by molar-refractivity contribution is 0.155. The van der Waals surface area contributed by atoms with Crippen molar-refractivity contribution in [3.05, 3.63) is 0 Å². The third kappa shape index (κ3) is 3.54. The van der Waals surface area contributed by atoms with Gasteiger partial charge in [0.15, 0.2) is 0 Å². The van der Waals surface area contributed by atoms with E-state index in [1.54, 1.807) is 0 Å². The van der Waals surface area contributed by atoms with Crippen LogP contribution in [0.25, 0.3) is 0 Å². The second kappa shape index (κ2) is 5.92. The van der Waals surface area contributed by atoms with Crippen LogP contribution in [0.1, 0.15) is 40.0 Å². The first-order chi connectivity index (χ1) is 7.62. The van der Waals surface area contributed by atoms with Gasteiger partial charge in [0.25, 0.3) is 0 Å². The van der Waals surface area contributed by atoms with Crippen LogP contribution in [-0.4, -0.2) is 24.5 Å². The highest BCUT2D eigenvalue weighted by Gasteiger charge is 2.32. The van der Waals surface area contributed by atoms with E-state index in [0.29, 0.717) is 5.92 Å². The fourth-order valence-electron chi connectivity index (χ4n) is 2.05. The molecule has 0 aromatic carbocycles. The minimum atomic E-state index is -0.0536. The Morgan fingerprint density at radius 1 is 1.31 bits per heavy atom. The molecule has 88 valence electrons. The van der Waals surface area contributed by atoms with Gasteiger partial charge in [0.1, 0.15) is 0 Å². The molecule has 0 spiro atoms. The Bertz CT molecular complexity index is 306.